The zero-order chi connectivity index (χ0) is 17.1. The molecule has 124 valence electrons. The molecule has 24 heavy (non-hydrogen) atoms. The lowest BCUT2D eigenvalue weighted by Crippen LogP contribution is -2.33. The first-order valence-corrected chi connectivity index (χ1v) is 8.49. The van der Waals surface area contributed by atoms with Crippen molar-refractivity contribution in [2.24, 2.45) is 0 Å². The first-order chi connectivity index (χ1) is 11.6. The predicted molar refractivity (Wildman–Crippen MR) is 97.8 cm³/mol. The zero-order valence-electron chi connectivity index (χ0n) is 13.8. The Hall–Kier alpha value is -2.47. The molecule has 0 saturated carbocycles. The number of aromatic amines is 1. The molecule has 1 amide bonds. The van der Waals surface area contributed by atoms with Crippen molar-refractivity contribution in [3.8, 4) is 5.75 Å². The lowest BCUT2D eigenvalue weighted by Gasteiger charge is -2.20. The molecule has 0 unspecified atom stereocenters. The summed E-state index contributed by atoms with van der Waals surface area (Å²) in [7, 11) is 3.42. The lowest BCUT2D eigenvalue weighted by atomic mass is 10.3. The first kappa shape index (κ1) is 16.4. The van der Waals surface area contributed by atoms with Crippen LogP contribution in [0.5, 0.6) is 5.75 Å². The summed E-state index contributed by atoms with van der Waals surface area (Å²) in [6.07, 6.45) is 0. The molecule has 1 heterocycles. The number of carbonyl (C=O) groups is 1. The molecule has 1 N–H and O–H groups in total. The van der Waals surface area contributed by atoms with Crippen LogP contribution in [0, 0.1) is 0 Å². The van der Waals surface area contributed by atoms with E-state index in [-0.39, 0.29) is 11.2 Å². The maximum atomic E-state index is 12.6. The minimum Gasteiger partial charge on any atom is -0.497 e. The van der Waals surface area contributed by atoms with E-state index < -0.39 is 0 Å². The van der Waals surface area contributed by atoms with Crippen LogP contribution < -0.4 is 9.64 Å². The van der Waals surface area contributed by atoms with Crippen LogP contribution in [0.15, 0.2) is 53.7 Å². The monoisotopic (exact) mass is 341 g/mol. The maximum absolute atomic E-state index is 12.6. The molecular formula is C18H19N3O2S. The number of nitrogens with one attached hydrogen (secondary N) is 1. The summed E-state index contributed by atoms with van der Waals surface area (Å²) in [5, 5.41) is 0.471. The Morgan fingerprint density at radius 2 is 2.00 bits per heavy atom. The summed E-state index contributed by atoms with van der Waals surface area (Å²) in [5.74, 6) is 0.805. The number of anilines is 1. The first-order valence-electron chi connectivity index (χ1n) is 7.61. The number of imidazole rings is 1. The number of hydrogen-bond donors (Lipinski definition) is 1. The normalized spacial score (nSPS) is 12.1. The van der Waals surface area contributed by atoms with E-state index in [1.165, 1.54) is 11.8 Å². The molecule has 1 aromatic heterocycles. The molecule has 5 nitrogen and oxygen atoms in total. The van der Waals surface area contributed by atoms with Crippen LogP contribution in [-0.2, 0) is 4.79 Å². The van der Waals surface area contributed by atoms with Crippen molar-refractivity contribution in [2.75, 3.05) is 19.1 Å². The fraction of sp³-hybridized carbons (Fsp3) is 0.222. The van der Waals surface area contributed by atoms with Crippen LogP contribution in [-0.4, -0.2) is 35.3 Å². The summed E-state index contributed by atoms with van der Waals surface area (Å²) in [6, 6.07) is 15.3. The van der Waals surface area contributed by atoms with Crippen molar-refractivity contribution in [2.45, 2.75) is 17.3 Å². The third-order valence-electron chi connectivity index (χ3n) is 3.78. The molecule has 0 aliphatic rings. The highest BCUT2D eigenvalue weighted by Crippen LogP contribution is 2.27. The number of hydrogen-bond acceptors (Lipinski definition) is 4. The fourth-order valence-electron chi connectivity index (χ4n) is 2.42. The van der Waals surface area contributed by atoms with Gasteiger partial charge in [0.15, 0.2) is 5.16 Å². The number of nitrogens with zero attached hydrogens (tertiary/aromatic N) is 2. The molecule has 6 heteroatoms. The third-order valence-corrected chi connectivity index (χ3v) is 4.75. The van der Waals surface area contributed by atoms with Gasteiger partial charge in [-0.1, -0.05) is 30.0 Å². The van der Waals surface area contributed by atoms with Gasteiger partial charge in [0.05, 0.1) is 23.4 Å². The summed E-state index contributed by atoms with van der Waals surface area (Å²) in [4.78, 5) is 22.0. The highest BCUT2D eigenvalue weighted by atomic mass is 32.2. The van der Waals surface area contributed by atoms with E-state index in [1.807, 2.05) is 55.5 Å². The quantitative estimate of drug-likeness (QED) is 0.719. The largest absolute Gasteiger partial charge is 0.497 e. The van der Waals surface area contributed by atoms with Gasteiger partial charge in [0.25, 0.3) is 0 Å². The zero-order valence-corrected chi connectivity index (χ0v) is 14.6. The number of ether oxygens (including phenoxy) is 1. The van der Waals surface area contributed by atoms with Gasteiger partial charge in [0, 0.05) is 18.8 Å². The Bertz CT molecular complexity index is 848. The van der Waals surface area contributed by atoms with Crippen LogP contribution >= 0.6 is 11.8 Å². The molecule has 3 aromatic rings. The molecule has 0 fully saturated rings. The average Bonchev–Trinajstić information content (AvgIpc) is 3.02. The van der Waals surface area contributed by atoms with Gasteiger partial charge in [0.1, 0.15) is 5.75 Å². The second-order valence-corrected chi connectivity index (χ2v) is 6.75. The Morgan fingerprint density at radius 1 is 1.25 bits per heavy atom. The van der Waals surface area contributed by atoms with Gasteiger partial charge in [-0.3, -0.25) is 4.79 Å². The molecule has 0 spiro atoms. The molecule has 0 bridgehead atoms. The van der Waals surface area contributed by atoms with E-state index in [0.29, 0.717) is 0 Å². The van der Waals surface area contributed by atoms with Gasteiger partial charge >= 0.3 is 0 Å². The van der Waals surface area contributed by atoms with Crippen molar-refractivity contribution in [3.63, 3.8) is 0 Å². The van der Waals surface area contributed by atoms with Crippen molar-refractivity contribution >= 4 is 34.4 Å². The van der Waals surface area contributed by atoms with Gasteiger partial charge in [-0.15, -0.1) is 0 Å². The molecule has 0 radical (unpaired) electrons. The molecule has 1 atom stereocenters. The van der Waals surface area contributed by atoms with Crippen molar-refractivity contribution < 1.29 is 9.53 Å². The summed E-state index contributed by atoms with van der Waals surface area (Å²) < 4.78 is 5.22. The van der Waals surface area contributed by atoms with Gasteiger partial charge in [0.2, 0.25) is 5.91 Å². The Balaban J connectivity index is 1.74. The van der Waals surface area contributed by atoms with E-state index in [4.69, 9.17) is 4.74 Å². The topological polar surface area (TPSA) is 58.2 Å². The van der Waals surface area contributed by atoms with Gasteiger partial charge < -0.3 is 14.6 Å². The van der Waals surface area contributed by atoms with Crippen LogP contribution in [0.25, 0.3) is 11.0 Å². The summed E-state index contributed by atoms with van der Waals surface area (Å²) >= 11 is 1.42. The maximum Gasteiger partial charge on any atom is 0.240 e. The molecule has 3 rings (SSSR count). The lowest BCUT2D eigenvalue weighted by molar-refractivity contribution is -0.117. The number of rotatable bonds is 5. The molecule has 0 aliphatic heterocycles. The molecule has 2 aromatic carbocycles. The van der Waals surface area contributed by atoms with Crippen molar-refractivity contribution in [1.82, 2.24) is 9.97 Å². The summed E-state index contributed by atoms with van der Waals surface area (Å²) in [5.41, 5.74) is 2.63. The minimum atomic E-state index is -0.252. The number of H-pyrrole nitrogens is 1. The number of thioether (sulfide) groups is 1. The SMILES string of the molecule is COc1ccc2nc(S[C@H](C)C(=O)N(C)c3ccccc3)[nH]c2c1. The number of para-hydroxylation sites is 1. The number of carbonyl (C=O) groups excluding carboxylic acids is 1. The van der Waals surface area contributed by atoms with E-state index in [2.05, 4.69) is 9.97 Å². The Morgan fingerprint density at radius 3 is 2.71 bits per heavy atom. The number of methoxy groups -OCH3 is 1. The van der Waals surface area contributed by atoms with E-state index in [1.54, 1.807) is 19.1 Å². The van der Waals surface area contributed by atoms with Crippen LogP contribution in [0.4, 0.5) is 5.69 Å². The second-order valence-electron chi connectivity index (χ2n) is 5.42. The predicted octanol–water partition coefficient (Wildman–Crippen LogP) is 3.72. The second kappa shape index (κ2) is 6.97. The van der Waals surface area contributed by atoms with Gasteiger partial charge in [-0.25, -0.2) is 4.98 Å². The van der Waals surface area contributed by atoms with Crippen LogP contribution in [0.2, 0.25) is 0 Å². The average molecular weight is 341 g/mol. The highest BCUT2D eigenvalue weighted by Gasteiger charge is 2.21. The van der Waals surface area contributed by atoms with E-state index >= 15 is 0 Å². The van der Waals surface area contributed by atoms with Crippen LogP contribution in [0.3, 0.4) is 0 Å². The molecule has 0 aliphatic carbocycles. The van der Waals surface area contributed by atoms with Crippen molar-refractivity contribution in [3.05, 3.63) is 48.5 Å². The van der Waals surface area contributed by atoms with Crippen LogP contribution in [0.1, 0.15) is 6.92 Å². The van der Waals surface area contributed by atoms with Gasteiger partial charge in [-0.05, 0) is 31.2 Å². The highest BCUT2D eigenvalue weighted by molar-refractivity contribution is 8.00. The van der Waals surface area contributed by atoms with E-state index in [0.717, 1.165) is 27.6 Å². The number of fused-ring (bicyclic) bond motifs is 1. The Kier molecular flexibility index (Phi) is 4.76. The smallest absolute Gasteiger partial charge is 0.240 e. The van der Waals surface area contributed by atoms with Gasteiger partial charge in [-0.2, -0.15) is 0 Å². The number of amides is 1. The van der Waals surface area contributed by atoms with E-state index in [9.17, 15) is 4.79 Å². The summed E-state index contributed by atoms with van der Waals surface area (Å²) in [6.45, 7) is 1.89. The number of aromatic nitrogens is 2. The minimum absolute atomic E-state index is 0.0317. The Labute approximate surface area is 145 Å². The fourth-order valence-corrected chi connectivity index (χ4v) is 3.33. The number of benzene rings is 2. The van der Waals surface area contributed by atoms with Crippen molar-refractivity contribution in [1.29, 1.82) is 0 Å². The third kappa shape index (κ3) is 3.38. The molecule has 0 saturated heterocycles. The molecular weight excluding hydrogens is 322 g/mol. The standard InChI is InChI=1S/C18H19N3O2S/c1-12(17(22)21(2)13-7-5-4-6-8-13)24-18-19-15-10-9-14(23-3)11-16(15)20-18/h4-12H,1-3H3,(H,19,20)/t12-/m1/s1.